The summed E-state index contributed by atoms with van der Waals surface area (Å²) in [5.74, 6) is 1.20. The van der Waals surface area contributed by atoms with Gasteiger partial charge in [-0.15, -0.1) is 0 Å². The van der Waals surface area contributed by atoms with Gasteiger partial charge in [-0.2, -0.15) is 0 Å². The largest absolute Gasteiger partial charge is 0.507 e. The number of nitrogens with one attached hydrogen (secondary N) is 1. The number of amides is 1. The standard InChI is InChI=1S/C18H21NO2/c1-12-6-7-13(8-12)11-19-18(21)16-9-14-4-2-3-5-15(14)10-17(16)20/h2-5,9-10,12-13,20H,6-8,11H2,1H3,(H,19,21). The lowest BCUT2D eigenvalue weighted by Gasteiger charge is -2.12. The molecule has 1 saturated carbocycles. The fourth-order valence-electron chi connectivity index (χ4n) is 3.25. The van der Waals surface area contributed by atoms with Gasteiger partial charge in [-0.25, -0.2) is 0 Å². The molecule has 1 aliphatic carbocycles. The van der Waals surface area contributed by atoms with E-state index in [9.17, 15) is 9.90 Å². The van der Waals surface area contributed by atoms with Crippen LogP contribution in [0.1, 0.15) is 36.5 Å². The second-order valence-corrected chi connectivity index (χ2v) is 6.21. The van der Waals surface area contributed by atoms with Crippen LogP contribution >= 0.6 is 0 Å². The molecule has 2 atom stereocenters. The van der Waals surface area contributed by atoms with Crippen molar-refractivity contribution in [3.05, 3.63) is 42.0 Å². The number of fused-ring (bicyclic) bond motifs is 1. The van der Waals surface area contributed by atoms with E-state index in [-0.39, 0.29) is 11.7 Å². The number of benzene rings is 2. The third-order valence-corrected chi connectivity index (χ3v) is 4.46. The van der Waals surface area contributed by atoms with Crippen molar-refractivity contribution in [2.45, 2.75) is 26.2 Å². The summed E-state index contributed by atoms with van der Waals surface area (Å²) in [7, 11) is 0. The molecule has 1 fully saturated rings. The number of carbonyl (C=O) groups excluding carboxylic acids is 1. The zero-order valence-corrected chi connectivity index (χ0v) is 12.3. The molecule has 0 aromatic heterocycles. The normalized spacial score (nSPS) is 21.6. The molecule has 0 radical (unpaired) electrons. The second kappa shape index (κ2) is 5.76. The number of rotatable bonds is 3. The van der Waals surface area contributed by atoms with Gasteiger partial charge in [0.2, 0.25) is 0 Å². The van der Waals surface area contributed by atoms with E-state index in [0.717, 1.165) is 16.7 Å². The van der Waals surface area contributed by atoms with Crippen LogP contribution in [0.15, 0.2) is 36.4 Å². The van der Waals surface area contributed by atoms with Gasteiger partial charge >= 0.3 is 0 Å². The summed E-state index contributed by atoms with van der Waals surface area (Å²) in [4.78, 5) is 12.3. The van der Waals surface area contributed by atoms with Crippen LogP contribution in [-0.4, -0.2) is 17.6 Å². The Hall–Kier alpha value is -2.03. The van der Waals surface area contributed by atoms with E-state index in [1.807, 2.05) is 24.3 Å². The number of carbonyl (C=O) groups is 1. The Kier molecular flexibility index (Phi) is 3.82. The van der Waals surface area contributed by atoms with Gasteiger partial charge in [0, 0.05) is 6.54 Å². The van der Waals surface area contributed by atoms with E-state index in [1.54, 1.807) is 12.1 Å². The molecule has 2 N–H and O–H groups in total. The van der Waals surface area contributed by atoms with Gasteiger partial charge in [0.25, 0.3) is 5.91 Å². The molecular formula is C18H21NO2. The maximum atomic E-state index is 12.3. The van der Waals surface area contributed by atoms with E-state index in [2.05, 4.69) is 12.2 Å². The van der Waals surface area contributed by atoms with Crippen molar-refractivity contribution in [3.63, 3.8) is 0 Å². The fourth-order valence-corrected chi connectivity index (χ4v) is 3.25. The van der Waals surface area contributed by atoms with Gasteiger partial charge in [0.1, 0.15) is 5.75 Å². The Morgan fingerprint density at radius 1 is 1.24 bits per heavy atom. The van der Waals surface area contributed by atoms with E-state index in [0.29, 0.717) is 18.0 Å². The molecule has 2 aromatic rings. The molecule has 0 aliphatic heterocycles. The summed E-state index contributed by atoms with van der Waals surface area (Å²) < 4.78 is 0. The second-order valence-electron chi connectivity index (χ2n) is 6.21. The third kappa shape index (κ3) is 3.02. The molecule has 1 amide bonds. The van der Waals surface area contributed by atoms with Gasteiger partial charge < -0.3 is 10.4 Å². The quantitative estimate of drug-likeness (QED) is 0.902. The van der Waals surface area contributed by atoms with Crippen molar-refractivity contribution < 1.29 is 9.90 Å². The average Bonchev–Trinajstić information content (AvgIpc) is 2.89. The SMILES string of the molecule is CC1CCC(CNC(=O)c2cc3ccccc3cc2O)C1. The maximum Gasteiger partial charge on any atom is 0.255 e. The van der Waals surface area contributed by atoms with Crippen molar-refractivity contribution in [3.8, 4) is 5.75 Å². The van der Waals surface area contributed by atoms with Crippen LogP contribution in [0.4, 0.5) is 0 Å². The number of phenols is 1. The molecule has 3 nitrogen and oxygen atoms in total. The Morgan fingerprint density at radius 2 is 1.95 bits per heavy atom. The first-order valence-corrected chi connectivity index (χ1v) is 7.63. The number of aromatic hydroxyl groups is 1. The fraction of sp³-hybridized carbons (Fsp3) is 0.389. The highest BCUT2D eigenvalue weighted by atomic mass is 16.3. The van der Waals surface area contributed by atoms with E-state index >= 15 is 0 Å². The van der Waals surface area contributed by atoms with Crippen molar-refractivity contribution in [2.24, 2.45) is 11.8 Å². The highest BCUT2D eigenvalue weighted by molar-refractivity contribution is 6.01. The van der Waals surface area contributed by atoms with E-state index < -0.39 is 0 Å². The maximum absolute atomic E-state index is 12.3. The molecule has 0 spiro atoms. The van der Waals surface area contributed by atoms with Crippen LogP contribution in [0.2, 0.25) is 0 Å². The molecule has 21 heavy (non-hydrogen) atoms. The Balaban J connectivity index is 1.73. The van der Waals surface area contributed by atoms with Crippen LogP contribution in [0.25, 0.3) is 10.8 Å². The molecular weight excluding hydrogens is 262 g/mol. The zero-order chi connectivity index (χ0) is 14.8. The monoisotopic (exact) mass is 283 g/mol. The molecule has 3 rings (SSSR count). The molecule has 0 heterocycles. The van der Waals surface area contributed by atoms with Gasteiger partial charge in [-0.1, -0.05) is 37.6 Å². The number of phenolic OH excluding ortho intramolecular Hbond substituents is 1. The lowest BCUT2D eigenvalue weighted by Crippen LogP contribution is -2.28. The summed E-state index contributed by atoms with van der Waals surface area (Å²) in [6, 6.07) is 11.1. The van der Waals surface area contributed by atoms with Crippen molar-refractivity contribution in [2.75, 3.05) is 6.54 Å². The summed E-state index contributed by atoms with van der Waals surface area (Å²) >= 11 is 0. The first-order valence-electron chi connectivity index (χ1n) is 7.63. The van der Waals surface area contributed by atoms with Gasteiger partial charge in [0.05, 0.1) is 5.56 Å². The minimum atomic E-state index is -0.183. The van der Waals surface area contributed by atoms with Crippen LogP contribution in [0.5, 0.6) is 5.75 Å². The van der Waals surface area contributed by atoms with Crippen LogP contribution in [0.3, 0.4) is 0 Å². The minimum Gasteiger partial charge on any atom is -0.507 e. The molecule has 0 bridgehead atoms. The lowest BCUT2D eigenvalue weighted by molar-refractivity contribution is 0.0944. The van der Waals surface area contributed by atoms with Gasteiger partial charge in [-0.05, 0) is 47.6 Å². The minimum absolute atomic E-state index is 0.0472. The summed E-state index contributed by atoms with van der Waals surface area (Å²) in [6.07, 6.45) is 3.62. The smallest absolute Gasteiger partial charge is 0.255 e. The highest BCUT2D eigenvalue weighted by Gasteiger charge is 2.22. The predicted molar refractivity (Wildman–Crippen MR) is 84.5 cm³/mol. The first kappa shape index (κ1) is 13.9. The molecule has 1 aliphatic rings. The summed E-state index contributed by atoms with van der Waals surface area (Å²) in [5.41, 5.74) is 0.361. The highest BCUT2D eigenvalue weighted by Crippen LogP contribution is 2.30. The average molecular weight is 283 g/mol. The molecule has 2 unspecified atom stereocenters. The van der Waals surface area contributed by atoms with Crippen LogP contribution in [0, 0.1) is 11.8 Å². The lowest BCUT2D eigenvalue weighted by atomic mass is 10.0. The molecule has 110 valence electrons. The van der Waals surface area contributed by atoms with Crippen LogP contribution in [-0.2, 0) is 0 Å². The van der Waals surface area contributed by atoms with Gasteiger partial charge in [-0.3, -0.25) is 4.79 Å². The number of hydrogen-bond donors (Lipinski definition) is 2. The van der Waals surface area contributed by atoms with E-state index in [1.165, 1.54) is 19.3 Å². The van der Waals surface area contributed by atoms with Crippen LogP contribution < -0.4 is 5.32 Å². The Bertz CT molecular complexity index is 665. The Morgan fingerprint density at radius 3 is 2.62 bits per heavy atom. The topological polar surface area (TPSA) is 49.3 Å². The van der Waals surface area contributed by atoms with Gasteiger partial charge in [0.15, 0.2) is 0 Å². The predicted octanol–water partition coefficient (Wildman–Crippen LogP) is 3.71. The molecule has 2 aromatic carbocycles. The molecule has 3 heteroatoms. The molecule has 0 saturated heterocycles. The van der Waals surface area contributed by atoms with Crippen molar-refractivity contribution in [1.29, 1.82) is 0 Å². The summed E-state index contributed by atoms with van der Waals surface area (Å²) in [5, 5.41) is 14.9. The van der Waals surface area contributed by atoms with Crippen molar-refractivity contribution in [1.82, 2.24) is 5.32 Å². The zero-order valence-electron chi connectivity index (χ0n) is 12.3. The third-order valence-electron chi connectivity index (χ3n) is 4.46. The Labute approximate surface area is 125 Å². The first-order chi connectivity index (χ1) is 10.1. The van der Waals surface area contributed by atoms with E-state index in [4.69, 9.17) is 0 Å². The summed E-state index contributed by atoms with van der Waals surface area (Å²) in [6.45, 7) is 2.96. The van der Waals surface area contributed by atoms with Crippen molar-refractivity contribution >= 4 is 16.7 Å². The number of hydrogen-bond acceptors (Lipinski definition) is 2.